The number of rotatable bonds is 2. The van der Waals surface area contributed by atoms with Crippen LogP contribution in [-0.2, 0) is 14.8 Å². The molecule has 1 unspecified atom stereocenters. The quantitative estimate of drug-likeness (QED) is 0.821. The number of sulfonamides is 1. The van der Waals surface area contributed by atoms with Gasteiger partial charge in [0.25, 0.3) is 10.0 Å². The van der Waals surface area contributed by atoms with Gasteiger partial charge in [0.05, 0.1) is 28.9 Å². The fraction of sp³-hybridized carbons (Fsp3) is 0.235. The summed E-state index contributed by atoms with van der Waals surface area (Å²) < 4.78 is 27.5. The molecule has 0 aromatic heterocycles. The van der Waals surface area contributed by atoms with E-state index in [9.17, 15) is 13.2 Å². The molecule has 0 fully saturated rings. The first-order valence-electron chi connectivity index (χ1n) is 7.49. The third-order valence-electron chi connectivity index (χ3n) is 4.02. The van der Waals surface area contributed by atoms with Crippen molar-refractivity contribution in [2.24, 2.45) is 0 Å². The fourth-order valence-electron chi connectivity index (χ4n) is 2.98. The molecule has 5 nitrogen and oxygen atoms in total. The Kier molecular flexibility index (Phi) is 4.27. The van der Waals surface area contributed by atoms with E-state index in [1.165, 1.54) is 23.4 Å². The molecule has 2 aromatic rings. The highest BCUT2D eigenvalue weighted by atomic mass is 35.5. The smallest absolute Gasteiger partial charge is 0.264 e. The third-order valence-corrected chi connectivity index (χ3v) is 6.07. The maximum absolute atomic E-state index is 13.1. The number of benzene rings is 2. The highest BCUT2D eigenvalue weighted by molar-refractivity contribution is 7.92. The summed E-state index contributed by atoms with van der Waals surface area (Å²) in [4.78, 5) is 13.8. The Hall–Kier alpha value is -2.05. The van der Waals surface area contributed by atoms with Crippen molar-refractivity contribution in [3.05, 3.63) is 53.6 Å². The molecular formula is C17H17ClN2O3S. The van der Waals surface area contributed by atoms with Crippen LogP contribution >= 0.6 is 11.6 Å². The summed E-state index contributed by atoms with van der Waals surface area (Å²) in [7, 11) is -3.74. The van der Waals surface area contributed by atoms with Crippen LogP contribution in [-0.4, -0.2) is 26.9 Å². The van der Waals surface area contributed by atoms with Crippen molar-refractivity contribution in [2.45, 2.75) is 24.8 Å². The molecule has 0 spiro atoms. The van der Waals surface area contributed by atoms with Crippen LogP contribution in [0.25, 0.3) is 0 Å². The predicted molar refractivity (Wildman–Crippen MR) is 95.0 cm³/mol. The first-order chi connectivity index (χ1) is 11.3. The second-order valence-electron chi connectivity index (χ2n) is 5.72. The Morgan fingerprint density at radius 1 is 1.08 bits per heavy atom. The molecule has 1 aliphatic rings. The van der Waals surface area contributed by atoms with E-state index in [1.807, 2.05) is 6.92 Å². The SMILES string of the molecule is CC(=O)N1c2ccccc2N(S(=O)(=O)c2ccc(Cl)cc2)CC1C. The van der Waals surface area contributed by atoms with E-state index in [4.69, 9.17) is 11.6 Å². The maximum atomic E-state index is 13.1. The lowest BCUT2D eigenvalue weighted by Gasteiger charge is -2.40. The summed E-state index contributed by atoms with van der Waals surface area (Å²) in [6.07, 6.45) is 0. The molecule has 0 aliphatic carbocycles. The number of hydrogen-bond donors (Lipinski definition) is 0. The molecule has 1 amide bonds. The van der Waals surface area contributed by atoms with E-state index in [0.29, 0.717) is 16.4 Å². The standard InChI is InChI=1S/C17H17ClN2O3S/c1-12-11-19(24(22,23)15-9-7-14(18)8-10-15)16-5-3-4-6-17(16)20(12)13(2)21/h3-10,12H,11H2,1-2H3. The van der Waals surface area contributed by atoms with Crippen LogP contribution in [0.4, 0.5) is 11.4 Å². The average molecular weight is 365 g/mol. The van der Waals surface area contributed by atoms with Gasteiger partial charge in [0.2, 0.25) is 5.91 Å². The predicted octanol–water partition coefficient (Wildman–Crippen LogP) is 3.29. The van der Waals surface area contributed by atoms with Gasteiger partial charge in [-0.3, -0.25) is 9.10 Å². The summed E-state index contributed by atoms with van der Waals surface area (Å²) in [6, 6.07) is 12.8. The molecule has 1 aliphatic heterocycles. The Labute approximate surface area is 146 Å². The maximum Gasteiger partial charge on any atom is 0.264 e. The molecule has 24 heavy (non-hydrogen) atoms. The lowest BCUT2D eigenvalue weighted by Crippen LogP contribution is -2.51. The Morgan fingerprint density at radius 2 is 1.67 bits per heavy atom. The van der Waals surface area contributed by atoms with Crippen molar-refractivity contribution in [1.29, 1.82) is 0 Å². The molecule has 1 heterocycles. The van der Waals surface area contributed by atoms with Gasteiger partial charge in [0.15, 0.2) is 0 Å². The molecule has 0 bridgehead atoms. The van der Waals surface area contributed by atoms with Crippen LogP contribution in [0, 0.1) is 0 Å². The molecule has 3 rings (SSSR count). The summed E-state index contributed by atoms with van der Waals surface area (Å²) >= 11 is 5.85. The first kappa shape index (κ1) is 16.8. The van der Waals surface area contributed by atoms with Gasteiger partial charge in [-0.25, -0.2) is 8.42 Å². The largest absolute Gasteiger partial charge is 0.306 e. The van der Waals surface area contributed by atoms with Crippen molar-refractivity contribution >= 4 is 38.9 Å². The normalized spacial score (nSPS) is 17.5. The zero-order chi connectivity index (χ0) is 17.5. The van der Waals surface area contributed by atoms with Gasteiger partial charge < -0.3 is 4.90 Å². The van der Waals surface area contributed by atoms with E-state index >= 15 is 0 Å². The lowest BCUT2D eigenvalue weighted by molar-refractivity contribution is -0.117. The Bertz CT molecular complexity index is 881. The van der Waals surface area contributed by atoms with Crippen molar-refractivity contribution in [2.75, 3.05) is 15.7 Å². The van der Waals surface area contributed by atoms with Gasteiger partial charge in [-0.2, -0.15) is 0 Å². The van der Waals surface area contributed by atoms with E-state index < -0.39 is 10.0 Å². The second-order valence-corrected chi connectivity index (χ2v) is 8.02. The van der Waals surface area contributed by atoms with E-state index in [2.05, 4.69) is 0 Å². The number of nitrogens with zero attached hydrogens (tertiary/aromatic N) is 2. The minimum atomic E-state index is -3.74. The van der Waals surface area contributed by atoms with Gasteiger partial charge in [-0.15, -0.1) is 0 Å². The summed E-state index contributed by atoms with van der Waals surface area (Å²) in [5.74, 6) is -0.113. The van der Waals surface area contributed by atoms with Gasteiger partial charge in [-0.1, -0.05) is 23.7 Å². The van der Waals surface area contributed by atoms with Crippen molar-refractivity contribution in [3.8, 4) is 0 Å². The third kappa shape index (κ3) is 2.76. The van der Waals surface area contributed by atoms with E-state index in [1.54, 1.807) is 41.3 Å². The van der Waals surface area contributed by atoms with Crippen molar-refractivity contribution < 1.29 is 13.2 Å². The van der Waals surface area contributed by atoms with Crippen LogP contribution in [0.3, 0.4) is 0 Å². The number of para-hydroxylation sites is 2. The summed E-state index contributed by atoms with van der Waals surface area (Å²) in [5, 5.41) is 0.476. The molecule has 126 valence electrons. The monoisotopic (exact) mass is 364 g/mol. The molecule has 2 aromatic carbocycles. The second kappa shape index (κ2) is 6.11. The molecular weight excluding hydrogens is 348 g/mol. The van der Waals surface area contributed by atoms with Crippen LogP contribution in [0.2, 0.25) is 5.02 Å². The number of carbonyl (C=O) groups excluding carboxylic acids is 1. The van der Waals surface area contributed by atoms with Crippen LogP contribution in [0.15, 0.2) is 53.4 Å². The Balaban J connectivity index is 2.13. The molecule has 0 saturated carbocycles. The topological polar surface area (TPSA) is 57.7 Å². The van der Waals surface area contributed by atoms with E-state index in [0.717, 1.165) is 0 Å². The molecule has 0 N–H and O–H groups in total. The number of amides is 1. The zero-order valence-corrected chi connectivity index (χ0v) is 14.9. The zero-order valence-electron chi connectivity index (χ0n) is 13.3. The summed E-state index contributed by atoms with van der Waals surface area (Å²) in [5.41, 5.74) is 1.10. The van der Waals surface area contributed by atoms with Gasteiger partial charge in [-0.05, 0) is 43.3 Å². The number of anilines is 2. The van der Waals surface area contributed by atoms with Gasteiger partial charge in [0, 0.05) is 11.9 Å². The van der Waals surface area contributed by atoms with Crippen LogP contribution in [0.1, 0.15) is 13.8 Å². The lowest BCUT2D eigenvalue weighted by atomic mass is 10.1. The first-order valence-corrected chi connectivity index (χ1v) is 9.31. The highest BCUT2D eigenvalue weighted by Gasteiger charge is 2.36. The molecule has 0 saturated heterocycles. The summed E-state index contributed by atoms with van der Waals surface area (Å²) in [6.45, 7) is 3.51. The highest BCUT2D eigenvalue weighted by Crippen LogP contribution is 2.38. The number of hydrogen-bond acceptors (Lipinski definition) is 3. The molecule has 7 heteroatoms. The molecule has 1 atom stereocenters. The fourth-order valence-corrected chi connectivity index (χ4v) is 4.66. The van der Waals surface area contributed by atoms with Crippen molar-refractivity contribution in [1.82, 2.24) is 0 Å². The minimum Gasteiger partial charge on any atom is -0.306 e. The van der Waals surface area contributed by atoms with Crippen molar-refractivity contribution in [3.63, 3.8) is 0 Å². The number of halogens is 1. The number of fused-ring (bicyclic) bond motifs is 1. The van der Waals surface area contributed by atoms with Crippen LogP contribution < -0.4 is 9.21 Å². The van der Waals surface area contributed by atoms with Gasteiger partial charge >= 0.3 is 0 Å². The minimum absolute atomic E-state index is 0.113. The van der Waals surface area contributed by atoms with E-state index in [-0.39, 0.29) is 23.4 Å². The average Bonchev–Trinajstić information content (AvgIpc) is 2.54. The molecule has 0 radical (unpaired) electrons. The van der Waals surface area contributed by atoms with Crippen LogP contribution in [0.5, 0.6) is 0 Å². The van der Waals surface area contributed by atoms with Gasteiger partial charge in [0.1, 0.15) is 0 Å². The number of carbonyl (C=O) groups is 1. The Morgan fingerprint density at radius 3 is 2.25 bits per heavy atom.